The van der Waals surface area contributed by atoms with Gasteiger partial charge in [0, 0.05) is 25.5 Å². The molecule has 1 saturated carbocycles. The van der Waals surface area contributed by atoms with Crippen LogP contribution in [0, 0.1) is 5.41 Å². The summed E-state index contributed by atoms with van der Waals surface area (Å²) in [5.41, 5.74) is 5.20. The minimum atomic E-state index is -0.622. The van der Waals surface area contributed by atoms with Crippen LogP contribution in [0.5, 0.6) is 0 Å². The van der Waals surface area contributed by atoms with E-state index in [2.05, 4.69) is 10.3 Å². The monoisotopic (exact) mass is 280 g/mol. The van der Waals surface area contributed by atoms with Crippen molar-refractivity contribution in [3.05, 3.63) is 18.7 Å². The molecule has 2 rings (SSSR count). The minimum Gasteiger partial charge on any atom is -0.392 e. The van der Waals surface area contributed by atoms with Gasteiger partial charge in [-0.05, 0) is 12.8 Å². The molecule has 1 amide bonds. The third-order valence-corrected chi connectivity index (χ3v) is 4.22. The third kappa shape index (κ3) is 3.12. The first-order valence-electron chi connectivity index (χ1n) is 6.69. The fourth-order valence-electron chi connectivity index (χ4n) is 2.63. The van der Waals surface area contributed by atoms with E-state index in [-0.39, 0.29) is 5.91 Å². The van der Waals surface area contributed by atoms with Gasteiger partial charge < -0.3 is 15.6 Å². The lowest BCUT2D eigenvalue weighted by Crippen LogP contribution is -2.50. The number of hydrogen-bond donors (Lipinski definition) is 2. The van der Waals surface area contributed by atoms with Gasteiger partial charge in [0.2, 0.25) is 5.91 Å². The van der Waals surface area contributed by atoms with Crippen LogP contribution in [0.2, 0.25) is 0 Å². The van der Waals surface area contributed by atoms with Gasteiger partial charge in [-0.15, -0.1) is 0 Å². The van der Waals surface area contributed by atoms with Crippen LogP contribution in [0.1, 0.15) is 32.1 Å². The lowest BCUT2D eigenvalue weighted by atomic mass is 9.73. The molecule has 0 unspecified atom stereocenters. The van der Waals surface area contributed by atoms with E-state index in [1.165, 1.54) is 0 Å². The van der Waals surface area contributed by atoms with Crippen molar-refractivity contribution in [1.82, 2.24) is 14.9 Å². The molecule has 0 saturated heterocycles. The van der Waals surface area contributed by atoms with E-state index in [0.29, 0.717) is 18.1 Å². The average Bonchev–Trinajstić information content (AvgIpc) is 2.92. The van der Waals surface area contributed by atoms with E-state index in [1.54, 1.807) is 12.5 Å². The zero-order valence-electron chi connectivity index (χ0n) is 11.0. The van der Waals surface area contributed by atoms with Gasteiger partial charge in [-0.3, -0.25) is 4.79 Å². The molecule has 1 aromatic heterocycles. The number of amides is 1. The van der Waals surface area contributed by atoms with Crippen LogP contribution in [0.3, 0.4) is 0 Å². The maximum absolute atomic E-state index is 12.4. The largest absolute Gasteiger partial charge is 0.392 e. The highest BCUT2D eigenvalue weighted by Crippen LogP contribution is 2.36. The number of nitrogens with one attached hydrogen (secondary N) is 1. The summed E-state index contributed by atoms with van der Waals surface area (Å²) in [6, 6.07) is 0. The van der Waals surface area contributed by atoms with E-state index in [1.807, 2.05) is 10.8 Å². The molecule has 0 aromatic carbocycles. The highest BCUT2D eigenvalue weighted by Gasteiger charge is 2.42. The first-order valence-corrected chi connectivity index (χ1v) is 7.10. The van der Waals surface area contributed by atoms with Crippen LogP contribution in [-0.2, 0) is 11.3 Å². The Labute approximate surface area is 118 Å². The Morgan fingerprint density at radius 2 is 2.16 bits per heavy atom. The number of rotatable bonds is 5. The van der Waals surface area contributed by atoms with Gasteiger partial charge in [0.1, 0.15) is 0 Å². The number of carbonyl (C=O) groups excluding carboxylic acids is 1. The molecule has 0 bridgehead atoms. The number of carbonyl (C=O) groups is 1. The zero-order chi connectivity index (χ0) is 13.7. The Hall–Kier alpha value is -1.43. The molecule has 1 aliphatic carbocycles. The molecule has 5 nitrogen and oxygen atoms in total. The maximum Gasteiger partial charge on any atom is 0.233 e. The summed E-state index contributed by atoms with van der Waals surface area (Å²) >= 11 is 5.14. The number of hydrogen-bond acceptors (Lipinski definition) is 3. The number of nitrogens with zero attached hydrogens (tertiary/aromatic N) is 2. The summed E-state index contributed by atoms with van der Waals surface area (Å²) in [6.45, 7) is 1.28. The number of aromatic nitrogens is 2. The van der Waals surface area contributed by atoms with Crippen LogP contribution in [0.4, 0.5) is 0 Å². The van der Waals surface area contributed by atoms with E-state index in [9.17, 15) is 4.79 Å². The quantitative estimate of drug-likeness (QED) is 0.796. The first-order chi connectivity index (χ1) is 9.15. The van der Waals surface area contributed by atoms with Crippen LogP contribution in [0.25, 0.3) is 0 Å². The predicted octanol–water partition coefficient (Wildman–Crippen LogP) is 1.24. The number of nitrogens with two attached hydrogens (primary N) is 1. The fourth-order valence-corrected chi connectivity index (χ4v) is 2.92. The van der Waals surface area contributed by atoms with E-state index in [4.69, 9.17) is 18.0 Å². The molecule has 1 fully saturated rings. The minimum absolute atomic E-state index is 0.0141. The van der Waals surface area contributed by atoms with Gasteiger partial charge in [-0.2, -0.15) is 0 Å². The molecule has 3 N–H and O–H groups in total. The molecule has 0 spiro atoms. The maximum atomic E-state index is 12.4. The second-order valence-electron chi connectivity index (χ2n) is 5.06. The SMILES string of the molecule is NC(=S)C1(C(=O)NCCn2ccnc2)CCCCC1. The summed E-state index contributed by atoms with van der Waals surface area (Å²) in [5, 5.41) is 2.96. The lowest BCUT2D eigenvalue weighted by molar-refractivity contribution is -0.128. The normalized spacial score (nSPS) is 17.9. The molecule has 0 atom stereocenters. The Morgan fingerprint density at radius 1 is 1.42 bits per heavy atom. The Balaban J connectivity index is 1.91. The van der Waals surface area contributed by atoms with Gasteiger partial charge in [0.25, 0.3) is 0 Å². The summed E-state index contributed by atoms with van der Waals surface area (Å²) in [7, 11) is 0. The van der Waals surface area contributed by atoms with Gasteiger partial charge in [-0.1, -0.05) is 31.5 Å². The van der Waals surface area contributed by atoms with Crippen LogP contribution >= 0.6 is 12.2 Å². The Bertz CT molecular complexity index is 438. The Kier molecular flexibility index (Phi) is 4.52. The predicted molar refractivity (Wildman–Crippen MR) is 77.5 cm³/mol. The van der Waals surface area contributed by atoms with E-state index >= 15 is 0 Å². The van der Waals surface area contributed by atoms with Crippen LogP contribution in [-0.4, -0.2) is 27.0 Å². The van der Waals surface area contributed by atoms with Crippen molar-refractivity contribution in [3.63, 3.8) is 0 Å². The smallest absolute Gasteiger partial charge is 0.233 e. The molecule has 104 valence electrons. The molecule has 1 aromatic rings. The first kappa shape index (κ1) is 14.0. The van der Waals surface area contributed by atoms with Gasteiger partial charge in [-0.25, -0.2) is 4.98 Å². The third-order valence-electron chi connectivity index (χ3n) is 3.83. The topological polar surface area (TPSA) is 72.9 Å². The van der Waals surface area contributed by atoms with Gasteiger partial charge in [0.15, 0.2) is 0 Å². The number of thiocarbonyl (C=S) groups is 1. The summed E-state index contributed by atoms with van der Waals surface area (Å²) in [5.74, 6) is -0.0141. The molecule has 6 heteroatoms. The molecule has 1 heterocycles. The van der Waals surface area contributed by atoms with E-state index < -0.39 is 5.41 Å². The van der Waals surface area contributed by atoms with Crippen molar-refractivity contribution in [3.8, 4) is 0 Å². The lowest BCUT2D eigenvalue weighted by Gasteiger charge is -2.34. The molecule has 19 heavy (non-hydrogen) atoms. The van der Waals surface area contributed by atoms with Crippen molar-refractivity contribution in [1.29, 1.82) is 0 Å². The summed E-state index contributed by atoms with van der Waals surface area (Å²) in [6.07, 6.45) is 10.1. The second kappa shape index (κ2) is 6.14. The van der Waals surface area contributed by atoms with Crippen molar-refractivity contribution < 1.29 is 4.79 Å². The fraction of sp³-hybridized carbons (Fsp3) is 0.615. The molecule has 0 radical (unpaired) electrons. The summed E-state index contributed by atoms with van der Waals surface area (Å²) < 4.78 is 1.93. The van der Waals surface area contributed by atoms with Gasteiger partial charge in [0.05, 0.1) is 16.7 Å². The van der Waals surface area contributed by atoms with Crippen molar-refractivity contribution >= 4 is 23.1 Å². The molecule has 0 aliphatic heterocycles. The van der Waals surface area contributed by atoms with Crippen LogP contribution < -0.4 is 11.1 Å². The number of imidazole rings is 1. The average molecular weight is 280 g/mol. The molecule has 1 aliphatic rings. The summed E-state index contributed by atoms with van der Waals surface area (Å²) in [4.78, 5) is 16.7. The molecular weight excluding hydrogens is 260 g/mol. The zero-order valence-corrected chi connectivity index (χ0v) is 11.8. The van der Waals surface area contributed by atoms with Gasteiger partial charge >= 0.3 is 0 Å². The second-order valence-corrected chi connectivity index (χ2v) is 5.50. The van der Waals surface area contributed by atoms with Crippen molar-refractivity contribution in [2.45, 2.75) is 38.6 Å². The van der Waals surface area contributed by atoms with Crippen molar-refractivity contribution in [2.24, 2.45) is 11.1 Å². The van der Waals surface area contributed by atoms with Crippen molar-refractivity contribution in [2.75, 3.05) is 6.54 Å². The molecular formula is C13H20N4OS. The highest BCUT2D eigenvalue weighted by atomic mass is 32.1. The standard InChI is InChI=1S/C13H20N4OS/c14-11(19)13(4-2-1-3-5-13)12(18)16-7-9-17-8-6-15-10-17/h6,8,10H,1-5,7,9H2,(H2,14,19)(H,16,18). The van der Waals surface area contributed by atoms with Crippen LogP contribution in [0.15, 0.2) is 18.7 Å². The highest BCUT2D eigenvalue weighted by molar-refractivity contribution is 7.80. The van der Waals surface area contributed by atoms with E-state index in [0.717, 1.165) is 32.1 Å². The Morgan fingerprint density at radius 3 is 2.74 bits per heavy atom.